The van der Waals surface area contributed by atoms with Crippen molar-refractivity contribution in [1.29, 1.82) is 0 Å². The van der Waals surface area contributed by atoms with Gasteiger partial charge in [0.1, 0.15) is 0 Å². The Balaban J connectivity index is 2.48. The van der Waals surface area contributed by atoms with Crippen LogP contribution in [0.1, 0.15) is 6.42 Å². The second-order valence-electron chi connectivity index (χ2n) is 3.40. The largest absolute Gasteiger partial charge is 0.380 e. The first-order chi connectivity index (χ1) is 8.49. The lowest BCUT2D eigenvalue weighted by atomic mass is 10.5. The molecule has 0 saturated heterocycles. The second kappa shape index (κ2) is 6.98. The van der Waals surface area contributed by atoms with Gasteiger partial charge in [0, 0.05) is 13.6 Å². The van der Waals surface area contributed by atoms with E-state index in [1.165, 1.54) is 11.7 Å². The Labute approximate surface area is 114 Å². The summed E-state index contributed by atoms with van der Waals surface area (Å²) in [6.45, 7) is 4.58. The molecule has 0 saturated carbocycles. The topological polar surface area (TPSA) is 86.1 Å². The van der Waals surface area contributed by atoms with Crippen molar-refractivity contribution in [3.05, 3.63) is 17.3 Å². The van der Waals surface area contributed by atoms with Crippen LogP contribution in [0.15, 0.2) is 22.3 Å². The normalized spacial score (nSPS) is 11.7. The van der Waals surface area contributed by atoms with Gasteiger partial charge in [0.2, 0.25) is 5.03 Å². The molecule has 1 aromatic heterocycles. The Kier molecular flexibility index (Phi) is 5.93. The Hall–Kier alpha value is -0.770. The zero-order chi connectivity index (χ0) is 13.6. The Morgan fingerprint density at radius 2 is 2.28 bits per heavy atom. The monoisotopic (exact) mass is 338 g/mol. The van der Waals surface area contributed by atoms with Crippen LogP contribution in [0.25, 0.3) is 0 Å². The van der Waals surface area contributed by atoms with Crippen molar-refractivity contribution >= 4 is 26.0 Å². The lowest BCUT2D eigenvalue weighted by Gasteiger charge is -2.07. The van der Waals surface area contributed by atoms with Crippen LogP contribution in [0.2, 0.25) is 0 Å². The van der Waals surface area contributed by atoms with Gasteiger partial charge in [-0.25, -0.2) is 17.8 Å². The molecule has 18 heavy (non-hydrogen) atoms. The smallest absolute Gasteiger partial charge is 0.260 e. The third-order valence-corrected chi connectivity index (χ3v) is 4.34. The molecular formula is C9H15BrN4O3S. The third kappa shape index (κ3) is 4.16. The number of rotatable bonds is 8. The van der Waals surface area contributed by atoms with E-state index in [2.05, 4.69) is 37.5 Å². The molecule has 1 N–H and O–H groups in total. The van der Waals surface area contributed by atoms with Crippen molar-refractivity contribution in [3.63, 3.8) is 0 Å². The maximum atomic E-state index is 11.9. The van der Waals surface area contributed by atoms with Gasteiger partial charge < -0.3 is 4.74 Å². The zero-order valence-corrected chi connectivity index (χ0v) is 12.4. The number of aromatic nitrogens is 3. The summed E-state index contributed by atoms with van der Waals surface area (Å²) >= 11 is 3.04. The average Bonchev–Trinajstić information content (AvgIpc) is 2.64. The molecule has 0 aliphatic rings. The van der Waals surface area contributed by atoms with Gasteiger partial charge in [-0.3, -0.25) is 0 Å². The minimum atomic E-state index is -3.63. The highest BCUT2D eigenvalue weighted by molar-refractivity contribution is 9.10. The van der Waals surface area contributed by atoms with Crippen LogP contribution < -0.4 is 4.72 Å². The second-order valence-corrected chi connectivity index (χ2v) is 5.83. The van der Waals surface area contributed by atoms with E-state index in [0.717, 1.165) is 6.42 Å². The van der Waals surface area contributed by atoms with Gasteiger partial charge in [0.25, 0.3) is 10.0 Å². The zero-order valence-electron chi connectivity index (χ0n) is 9.97. The first-order valence-electron chi connectivity index (χ1n) is 5.22. The third-order valence-electron chi connectivity index (χ3n) is 2.00. The lowest BCUT2D eigenvalue weighted by molar-refractivity contribution is 0.144. The Morgan fingerprint density at radius 1 is 1.56 bits per heavy atom. The highest BCUT2D eigenvalue weighted by Gasteiger charge is 2.23. The highest BCUT2D eigenvalue weighted by atomic mass is 79.9. The molecule has 1 rings (SSSR count). The molecule has 7 nitrogen and oxygen atoms in total. The van der Waals surface area contributed by atoms with E-state index >= 15 is 0 Å². The SMILES string of the molecule is C=CCCOCCNS(=O)(=O)c1c(Br)nnn1C. The number of hydrogen-bond acceptors (Lipinski definition) is 5. The van der Waals surface area contributed by atoms with E-state index in [1.807, 2.05) is 0 Å². The number of halogens is 1. The van der Waals surface area contributed by atoms with Crippen LogP contribution >= 0.6 is 15.9 Å². The molecule has 0 radical (unpaired) electrons. The minimum absolute atomic E-state index is 0.00593. The predicted molar refractivity (Wildman–Crippen MR) is 69.5 cm³/mol. The molecule has 102 valence electrons. The molecule has 0 bridgehead atoms. The number of sulfonamides is 1. The fraction of sp³-hybridized carbons (Fsp3) is 0.556. The Morgan fingerprint density at radius 3 is 2.83 bits per heavy atom. The van der Waals surface area contributed by atoms with Gasteiger partial charge in [0.05, 0.1) is 13.2 Å². The van der Waals surface area contributed by atoms with Crippen LogP contribution in [-0.4, -0.2) is 43.2 Å². The summed E-state index contributed by atoms with van der Waals surface area (Å²) in [5.41, 5.74) is 0. The molecule has 1 heterocycles. The average molecular weight is 339 g/mol. The lowest BCUT2D eigenvalue weighted by Crippen LogP contribution is -2.29. The van der Waals surface area contributed by atoms with E-state index in [4.69, 9.17) is 4.74 Å². The number of nitrogens with zero attached hydrogens (tertiary/aromatic N) is 3. The summed E-state index contributed by atoms with van der Waals surface area (Å²) in [4.78, 5) is 0. The summed E-state index contributed by atoms with van der Waals surface area (Å²) < 4.78 is 32.8. The molecule has 0 fully saturated rings. The summed E-state index contributed by atoms with van der Waals surface area (Å²) in [6.07, 6.45) is 2.48. The highest BCUT2D eigenvalue weighted by Crippen LogP contribution is 2.17. The van der Waals surface area contributed by atoms with Gasteiger partial charge in [0.15, 0.2) is 4.60 Å². The molecule has 0 atom stereocenters. The first-order valence-corrected chi connectivity index (χ1v) is 7.50. The quantitative estimate of drug-likeness (QED) is 0.549. The fourth-order valence-corrected chi connectivity index (χ4v) is 3.30. The van der Waals surface area contributed by atoms with Crippen LogP contribution in [0, 0.1) is 0 Å². The van der Waals surface area contributed by atoms with Gasteiger partial charge in [-0.15, -0.1) is 11.7 Å². The number of aryl methyl sites for hydroxylation is 1. The van der Waals surface area contributed by atoms with Gasteiger partial charge in [-0.2, -0.15) is 0 Å². The molecule has 0 spiro atoms. The maximum Gasteiger partial charge on any atom is 0.260 e. The van der Waals surface area contributed by atoms with Crippen molar-refractivity contribution in [1.82, 2.24) is 19.7 Å². The van der Waals surface area contributed by atoms with Gasteiger partial charge >= 0.3 is 0 Å². The van der Waals surface area contributed by atoms with E-state index < -0.39 is 10.0 Å². The molecule has 0 aliphatic heterocycles. The van der Waals surface area contributed by atoms with Crippen molar-refractivity contribution < 1.29 is 13.2 Å². The molecule has 0 unspecified atom stereocenters. The molecule has 9 heteroatoms. The van der Waals surface area contributed by atoms with E-state index in [9.17, 15) is 8.42 Å². The molecule has 0 amide bonds. The van der Waals surface area contributed by atoms with Crippen molar-refractivity contribution in [2.75, 3.05) is 19.8 Å². The predicted octanol–water partition coefficient (Wildman–Crippen LogP) is 0.449. The Bertz CT molecular complexity index is 480. The number of ether oxygens (including phenoxy) is 1. The van der Waals surface area contributed by atoms with Gasteiger partial charge in [-0.1, -0.05) is 11.3 Å². The standard InChI is InChI=1S/C9H15BrN4O3S/c1-3-4-6-17-7-5-11-18(15,16)9-8(10)12-13-14(9)2/h3,11H,1,4-7H2,2H3. The summed E-state index contributed by atoms with van der Waals surface area (Å²) in [5, 5.41) is 7.22. The summed E-state index contributed by atoms with van der Waals surface area (Å²) in [5.74, 6) is 0. The minimum Gasteiger partial charge on any atom is -0.380 e. The van der Waals surface area contributed by atoms with Crippen LogP contribution in [0.3, 0.4) is 0 Å². The van der Waals surface area contributed by atoms with E-state index in [1.54, 1.807) is 6.08 Å². The molecule has 0 aliphatic carbocycles. The van der Waals surface area contributed by atoms with Crippen molar-refractivity contribution in [2.24, 2.45) is 7.05 Å². The molecule has 1 aromatic rings. The van der Waals surface area contributed by atoms with E-state index in [-0.39, 0.29) is 16.2 Å². The molecule has 0 aromatic carbocycles. The first kappa shape index (κ1) is 15.3. The van der Waals surface area contributed by atoms with Crippen LogP contribution in [0.5, 0.6) is 0 Å². The number of hydrogen-bond donors (Lipinski definition) is 1. The van der Waals surface area contributed by atoms with Crippen molar-refractivity contribution in [3.8, 4) is 0 Å². The van der Waals surface area contributed by atoms with Crippen molar-refractivity contribution in [2.45, 2.75) is 11.4 Å². The van der Waals surface area contributed by atoms with Crippen LogP contribution in [0.4, 0.5) is 0 Å². The summed E-state index contributed by atoms with van der Waals surface area (Å²) in [7, 11) is -2.12. The van der Waals surface area contributed by atoms with E-state index in [0.29, 0.717) is 13.2 Å². The van der Waals surface area contributed by atoms with Crippen LogP contribution in [-0.2, 0) is 21.8 Å². The molecular weight excluding hydrogens is 324 g/mol. The fourth-order valence-electron chi connectivity index (χ4n) is 1.19. The summed E-state index contributed by atoms with van der Waals surface area (Å²) in [6, 6.07) is 0. The van der Waals surface area contributed by atoms with Gasteiger partial charge in [-0.05, 0) is 22.4 Å². The number of nitrogens with one attached hydrogen (secondary N) is 1. The maximum absolute atomic E-state index is 11.9.